The van der Waals surface area contributed by atoms with E-state index in [0.29, 0.717) is 10.5 Å². The Balaban J connectivity index is 1.76. The van der Waals surface area contributed by atoms with E-state index in [1.54, 1.807) is 15.9 Å². The zero-order chi connectivity index (χ0) is 23.5. The topological polar surface area (TPSA) is 64.0 Å². The first kappa shape index (κ1) is 23.3. The van der Waals surface area contributed by atoms with Crippen molar-refractivity contribution in [3.63, 3.8) is 0 Å². The minimum atomic E-state index is -0.138. The fraction of sp³-hybridized carbons (Fsp3) is 0.269. The lowest BCUT2D eigenvalue weighted by molar-refractivity contribution is -0.113. The van der Waals surface area contributed by atoms with Crippen LogP contribution in [0.3, 0.4) is 0 Å². The molecule has 0 atom stereocenters. The summed E-state index contributed by atoms with van der Waals surface area (Å²) in [6.07, 6.45) is 1.94. The van der Waals surface area contributed by atoms with Gasteiger partial charge in [0.15, 0.2) is 5.16 Å². The fourth-order valence-corrected chi connectivity index (χ4v) is 5.85. The third-order valence-electron chi connectivity index (χ3n) is 5.65. The number of nitrogens with zero attached hydrogens (tertiary/aromatic N) is 2. The summed E-state index contributed by atoms with van der Waals surface area (Å²) >= 11 is 2.87. The Hall–Kier alpha value is -2.90. The smallest absolute Gasteiger partial charge is 0.267 e. The van der Waals surface area contributed by atoms with E-state index in [4.69, 9.17) is 4.98 Å². The normalized spacial score (nSPS) is 11.2. The Morgan fingerprint density at radius 1 is 1.09 bits per heavy atom. The number of amides is 1. The summed E-state index contributed by atoms with van der Waals surface area (Å²) in [6, 6.07) is 15.3. The van der Waals surface area contributed by atoms with E-state index in [2.05, 4.69) is 12.2 Å². The molecule has 2 aromatic carbocycles. The van der Waals surface area contributed by atoms with Crippen molar-refractivity contribution in [3.05, 3.63) is 80.5 Å². The maximum absolute atomic E-state index is 13.7. The number of carbonyl (C=O) groups excluding carboxylic acids is 1. The molecule has 0 aliphatic heterocycles. The number of anilines is 1. The number of rotatable bonds is 7. The maximum atomic E-state index is 13.7. The van der Waals surface area contributed by atoms with Crippen molar-refractivity contribution in [1.29, 1.82) is 0 Å². The summed E-state index contributed by atoms with van der Waals surface area (Å²) in [5, 5.41) is 4.11. The molecule has 0 radical (unpaired) electrons. The lowest BCUT2D eigenvalue weighted by atomic mass is 10.1. The predicted molar refractivity (Wildman–Crippen MR) is 139 cm³/mol. The van der Waals surface area contributed by atoms with Gasteiger partial charge >= 0.3 is 0 Å². The van der Waals surface area contributed by atoms with Crippen molar-refractivity contribution in [2.24, 2.45) is 0 Å². The number of aromatic nitrogens is 2. The molecule has 4 aromatic rings. The van der Waals surface area contributed by atoms with Gasteiger partial charge in [-0.15, -0.1) is 11.3 Å². The van der Waals surface area contributed by atoms with Crippen LogP contribution < -0.4 is 10.9 Å². The number of hydrogen-bond acceptors (Lipinski definition) is 5. The van der Waals surface area contributed by atoms with Crippen molar-refractivity contribution < 1.29 is 4.79 Å². The van der Waals surface area contributed by atoms with Gasteiger partial charge in [-0.3, -0.25) is 14.2 Å². The number of benzene rings is 2. The first-order chi connectivity index (χ1) is 15.9. The molecule has 0 fully saturated rings. The zero-order valence-electron chi connectivity index (χ0n) is 19.3. The van der Waals surface area contributed by atoms with Crippen molar-refractivity contribution >= 4 is 44.9 Å². The summed E-state index contributed by atoms with van der Waals surface area (Å²) in [6.45, 7) is 8.23. The molecule has 0 spiro atoms. The maximum Gasteiger partial charge on any atom is 0.267 e. The molecule has 0 aliphatic carbocycles. The van der Waals surface area contributed by atoms with E-state index in [0.717, 1.165) is 45.7 Å². The van der Waals surface area contributed by atoms with Crippen LogP contribution >= 0.6 is 23.1 Å². The summed E-state index contributed by atoms with van der Waals surface area (Å²) in [5.74, 6) is 0.0188. The second kappa shape index (κ2) is 9.93. The van der Waals surface area contributed by atoms with Crippen LogP contribution in [0.4, 0.5) is 5.69 Å². The highest BCUT2D eigenvalue weighted by atomic mass is 32.2. The van der Waals surface area contributed by atoms with E-state index >= 15 is 0 Å². The zero-order valence-corrected chi connectivity index (χ0v) is 20.9. The number of thioether (sulfide) groups is 1. The van der Waals surface area contributed by atoms with Gasteiger partial charge in [0.25, 0.3) is 5.56 Å². The van der Waals surface area contributed by atoms with E-state index in [-0.39, 0.29) is 17.2 Å². The monoisotopic (exact) mass is 477 g/mol. The second-order valence-corrected chi connectivity index (χ2v) is 10.1. The van der Waals surface area contributed by atoms with Crippen molar-refractivity contribution in [2.45, 2.75) is 45.7 Å². The Bertz CT molecular complexity index is 1370. The van der Waals surface area contributed by atoms with Gasteiger partial charge in [-0.1, -0.05) is 49.4 Å². The number of fused-ring (bicyclic) bond motifs is 1. The third kappa shape index (κ3) is 4.89. The molecule has 170 valence electrons. The summed E-state index contributed by atoms with van der Waals surface area (Å²) < 4.78 is 1.66. The average Bonchev–Trinajstić information content (AvgIpc) is 3.11. The van der Waals surface area contributed by atoms with Crippen LogP contribution in [0.15, 0.2) is 58.5 Å². The fourth-order valence-electron chi connectivity index (χ4n) is 3.71. The quantitative estimate of drug-likeness (QED) is 0.260. The summed E-state index contributed by atoms with van der Waals surface area (Å²) in [4.78, 5) is 33.1. The van der Waals surface area contributed by atoms with Crippen LogP contribution in [0.2, 0.25) is 0 Å². The molecule has 2 heterocycles. The Kier molecular flexibility index (Phi) is 7.00. The molecule has 1 amide bonds. The SMILES string of the molecule is CCCc1sc2nc(SCC(=O)Nc3ccccc3)n(-c3ccc(C)c(C)c3)c(=O)c2c1C. The highest BCUT2D eigenvalue weighted by Gasteiger charge is 2.20. The van der Waals surface area contributed by atoms with E-state index in [1.165, 1.54) is 16.6 Å². The molecule has 7 heteroatoms. The van der Waals surface area contributed by atoms with Gasteiger partial charge in [0.1, 0.15) is 4.83 Å². The lowest BCUT2D eigenvalue weighted by Gasteiger charge is -2.14. The summed E-state index contributed by atoms with van der Waals surface area (Å²) in [5.41, 5.74) is 4.72. The van der Waals surface area contributed by atoms with Crippen molar-refractivity contribution in [3.8, 4) is 5.69 Å². The Labute approximate surface area is 201 Å². The Morgan fingerprint density at radius 3 is 2.55 bits per heavy atom. The van der Waals surface area contributed by atoms with E-state index < -0.39 is 0 Å². The van der Waals surface area contributed by atoms with Crippen LogP contribution in [0, 0.1) is 20.8 Å². The number of aryl methyl sites for hydroxylation is 4. The molecule has 2 aromatic heterocycles. The first-order valence-electron chi connectivity index (χ1n) is 11.0. The highest BCUT2D eigenvalue weighted by molar-refractivity contribution is 7.99. The molecule has 4 rings (SSSR count). The molecule has 33 heavy (non-hydrogen) atoms. The van der Waals surface area contributed by atoms with E-state index in [9.17, 15) is 9.59 Å². The molecular weight excluding hydrogens is 450 g/mol. The minimum Gasteiger partial charge on any atom is -0.325 e. The second-order valence-electron chi connectivity index (χ2n) is 8.09. The number of carbonyl (C=O) groups is 1. The lowest BCUT2D eigenvalue weighted by Crippen LogP contribution is -2.23. The molecular formula is C26H27N3O2S2. The molecule has 0 aliphatic rings. The summed E-state index contributed by atoms with van der Waals surface area (Å²) in [7, 11) is 0. The molecule has 0 unspecified atom stereocenters. The minimum absolute atomic E-state index is 0.0784. The predicted octanol–water partition coefficient (Wildman–Crippen LogP) is 6.06. The van der Waals surface area contributed by atoms with Gasteiger partial charge in [0.05, 0.1) is 16.8 Å². The first-order valence-corrected chi connectivity index (χ1v) is 12.8. The van der Waals surface area contributed by atoms with Gasteiger partial charge in [-0.05, 0) is 68.1 Å². The van der Waals surface area contributed by atoms with Crippen LogP contribution in [-0.4, -0.2) is 21.2 Å². The van der Waals surface area contributed by atoms with Gasteiger partial charge in [-0.2, -0.15) is 0 Å². The van der Waals surface area contributed by atoms with Crippen LogP contribution in [-0.2, 0) is 11.2 Å². The molecule has 0 saturated carbocycles. The van der Waals surface area contributed by atoms with Crippen LogP contribution in [0.1, 0.15) is 34.9 Å². The Morgan fingerprint density at radius 2 is 1.85 bits per heavy atom. The van der Waals surface area contributed by atoms with Crippen molar-refractivity contribution in [1.82, 2.24) is 9.55 Å². The number of thiophene rings is 1. The molecule has 0 saturated heterocycles. The molecule has 1 N–H and O–H groups in total. The third-order valence-corrected chi connectivity index (χ3v) is 7.83. The van der Waals surface area contributed by atoms with Gasteiger partial charge in [0, 0.05) is 10.6 Å². The highest BCUT2D eigenvalue weighted by Crippen LogP contribution is 2.31. The standard InChI is InChI=1S/C26H27N3O2S2/c1-5-9-21-18(4)23-24(33-21)28-26(32-15-22(30)27-19-10-7-6-8-11-19)29(25(23)31)20-13-12-16(2)17(3)14-20/h6-8,10-14H,5,9,15H2,1-4H3,(H,27,30). The number of para-hydroxylation sites is 1. The van der Waals surface area contributed by atoms with Crippen LogP contribution in [0.5, 0.6) is 0 Å². The number of nitrogens with one attached hydrogen (secondary N) is 1. The average molecular weight is 478 g/mol. The van der Waals surface area contributed by atoms with Gasteiger partial charge < -0.3 is 5.32 Å². The molecule has 0 bridgehead atoms. The van der Waals surface area contributed by atoms with Crippen molar-refractivity contribution in [2.75, 3.05) is 11.1 Å². The van der Waals surface area contributed by atoms with Gasteiger partial charge in [0.2, 0.25) is 5.91 Å². The van der Waals surface area contributed by atoms with Crippen LogP contribution in [0.25, 0.3) is 15.9 Å². The van der Waals surface area contributed by atoms with Gasteiger partial charge in [-0.25, -0.2) is 4.98 Å². The largest absolute Gasteiger partial charge is 0.325 e. The van der Waals surface area contributed by atoms with E-state index in [1.807, 2.05) is 69.3 Å². The molecule has 5 nitrogen and oxygen atoms in total. The number of hydrogen-bond donors (Lipinski definition) is 1.